The molecule has 0 N–H and O–H groups in total. The third-order valence-electron chi connectivity index (χ3n) is 5.07. The van der Waals surface area contributed by atoms with E-state index in [4.69, 9.17) is 13.6 Å². The highest BCUT2D eigenvalue weighted by molar-refractivity contribution is 6.03. The van der Waals surface area contributed by atoms with Gasteiger partial charge < -0.3 is 13.6 Å². The smallest absolute Gasteiger partial charge is 0.347 e. The van der Waals surface area contributed by atoms with Gasteiger partial charge in [0, 0.05) is 16.7 Å². The Morgan fingerprint density at radius 2 is 1.69 bits per heavy atom. The molecule has 2 heterocycles. The van der Waals surface area contributed by atoms with Gasteiger partial charge in [-0.05, 0) is 43.3 Å². The Hall–Kier alpha value is -4.52. The van der Waals surface area contributed by atoms with Gasteiger partial charge in [0.05, 0.1) is 5.39 Å². The van der Waals surface area contributed by atoms with Gasteiger partial charge in [0.15, 0.2) is 11.0 Å². The molecule has 0 saturated heterocycles. The number of para-hydroxylation sites is 1. The Labute approximate surface area is 181 Å². The quantitative estimate of drug-likeness (QED) is 0.295. The van der Waals surface area contributed by atoms with Gasteiger partial charge in [0.2, 0.25) is 12.3 Å². The SMILES string of the molecule is Cc1c(-c2ccccc2)oc2c(C(=O)Oc3ccc(-c4nnco4)cc3)cccc2c1=O. The molecule has 0 radical (unpaired) electrons. The van der Waals surface area contributed by atoms with Gasteiger partial charge in [0.25, 0.3) is 0 Å². The zero-order valence-electron chi connectivity index (χ0n) is 16.9. The molecule has 0 aliphatic heterocycles. The zero-order chi connectivity index (χ0) is 22.1. The van der Waals surface area contributed by atoms with E-state index in [-0.39, 0.29) is 16.6 Å². The Kier molecular flexibility index (Phi) is 4.84. The summed E-state index contributed by atoms with van der Waals surface area (Å²) in [4.78, 5) is 25.9. The summed E-state index contributed by atoms with van der Waals surface area (Å²) < 4.78 is 16.8. The number of rotatable bonds is 4. The van der Waals surface area contributed by atoms with E-state index in [0.717, 1.165) is 5.56 Å². The van der Waals surface area contributed by atoms with Crippen LogP contribution in [0.15, 0.2) is 92.8 Å². The van der Waals surface area contributed by atoms with Crippen LogP contribution in [0.25, 0.3) is 33.7 Å². The Bertz CT molecular complexity index is 1470. The van der Waals surface area contributed by atoms with Crippen LogP contribution in [-0.4, -0.2) is 16.2 Å². The third-order valence-corrected chi connectivity index (χ3v) is 5.07. The van der Waals surface area contributed by atoms with E-state index in [1.807, 2.05) is 30.3 Å². The highest BCUT2D eigenvalue weighted by Crippen LogP contribution is 2.28. The molecule has 7 nitrogen and oxygen atoms in total. The van der Waals surface area contributed by atoms with Crippen molar-refractivity contribution >= 4 is 16.9 Å². The van der Waals surface area contributed by atoms with E-state index < -0.39 is 5.97 Å². The van der Waals surface area contributed by atoms with E-state index in [0.29, 0.717) is 33.9 Å². The molecule has 2 aromatic heterocycles. The molecule has 0 spiro atoms. The average molecular weight is 424 g/mol. The second-order valence-electron chi connectivity index (χ2n) is 7.09. The summed E-state index contributed by atoms with van der Waals surface area (Å²) in [6, 6.07) is 20.8. The van der Waals surface area contributed by atoms with Gasteiger partial charge in [-0.3, -0.25) is 4.79 Å². The molecular weight excluding hydrogens is 408 g/mol. The first-order valence-corrected chi connectivity index (χ1v) is 9.82. The Morgan fingerprint density at radius 1 is 0.906 bits per heavy atom. The summed E-state index contributed by atoms with van der Waals surface area (Å²) in [6.07, 6.45) is 1.24. The number of benzene rings is 3. The van der Waals surface area contributed by atoms with E-state index in [1.165, 1.54) is 6.39 Å². The molecule has 0 unspecified atom stereocenters. The predicted molar refractivity (Wildman–Crippen MR) is 117 cm³/mol. The lowest BCUT2D eigenvalue weighted by Crippen LogP contribution is -2.13. The lowest BCUT2D eigenvalue weighted by molar-refractivity contribution is 0.0735. The van der Waals surface area contributed by atoms with Crippen molar-refractivity contribution in [3.05, 3.63) is 101 Å². The topological polar surface area (TPSA) is 95.4 Å². The molecule has 5 rings (SSSR count). The van der Waals surface area contributed by atoms with Crippen molar-refractivity contribution in [2.24, 2.45) is 0 Å². The maximum Gasteiger partial charge on any atom is 0.347 e. The van der Waals surface area contributed by atoms with Crippen LogP contribution in [0.4, 0.5) is 0 Å². The molecule has 5 aromatic rings. The van der Waals surface area contributed by atoms with Gasteiger partial charge in [-0.15, -0.1) is 10.2 Å². The number of nitrogens with zero attached hydrogens (tertiary/aromatic N) is 2. The largest absolute Gasteiger partial charge is 0.455 e. The van der Waals surface area contributed by atoms with Crippen LogP contribution in [-0.2, 0) is 0 Å². The van der Waals surface area contributed by atoms with Crippen LogP contribution >= 0.6 is 0 Å². The number of fused-ring (bicyclic) bond motifs is 1. The maximum absolute atomic E-state index is 13.0. The molecular formula is C25H16N2O5. The summed E-state index contributed by atoms with van der Waals surface area (Å²) in [5.41, 5.74) is 2.09. The first-order valence-electron chi connectivity index (χ1n) is 9.82. The number of hydrogen-bond donors (Lipinski definition) is 0. The maximum atomic E-state index is 13.0. The van der Waals surface area contributed by atoms with Gasteiger partial charge in [-0.25, -0.2) is 4.79 Å². The van der Waals surface area contributed by atoms with Gasteiger partial charge in [-0.1, -0.05) is 36.4 Å². The van der Waals surface area contributed by atoms with Crippen LogP contribution in [0.3, 0.4) is 0 Å². The summed E-state index contributed by atoms with van der Waals surface area (Å²) in [5.74, 6) is 0.481. The van der Waals surface area contributed by atoms with Crippen molar-refractivity contribution in [3.63, 3.8) is 0 Å². The lowest BCUT2D eigenvalue weighted by Gasteiger charge is -2.10. The summed E-state index contributed by atoms with van der Waals surface area (Å²) in [5, 5.41) is 7.81. The average Bonchev–Trinajstić information content (AvgIpc) is 3.37. The van der Waals surface area contributed by atoms with Crippen molar-refractivity contribution in [1.29, 1.82) is 0 Å². The number of aromatic nitrogens is 2. The van der Waals surface area contributed by atoms with Crippen LogP contribution in [0.5, 0.6) is 5.75 Å². The van der Waals surface area contributed by atoms with Gasteiger partial charge in [-0.2, -0.15) is 0 Å². The van der Waals surface area contributed by atoms with Crippen molar-refractivity contribution < 1.29 is 18.4 Å². The normalized spacial score (nSPS) is 10.9. The minimum absolute atomic E-state index is 0.165. The molecule has 156 valence electrons. The minimum Gasteiger partial charge on any atom is -0.455 e. The van der Waals surface area contributed by atoms with Crippen molar-refractivity contribution in [3.8, 4) is 28.5 Å². The fraction of sp³-hybridized carbons (Fsp3) is 0.0400. The Balaban J connectivity index is 1.53. The molecule has 0 saturated carbocycles. The summed E-state index contributed by atoms with van der Waals surface area (Å²) >= 11 is 0. The molecule has 0 bridgehead atoms. The number of hydrogen-bond acceptors (Lipinski definition) is 7. The molecule has 3 aromatic carbocycles. The Morgan fingerprint density at radius 3 is 2.41 bits per heavy atom. The standard InChI is InChI=1S/C25H16N2O5/c1-15-21(28)19-8-5-9-20(23(19)32-22(15)16-6-3-2-4-7-16)25(29)31-18-12-10-17(11-13-18)24-27-26-14-30-24/h2-14H,1H3. The summed E-state index contributed by atoms with van der Waals surface area (Å²) in [6.45, 7) is 1.71. The monoisotopic (exact) mass is 424 g/mol. The molecule has 7 heteroatoms. The van der Waals surface area contributed by atoms with Crippen molar-refractivity contribution in [2.75, 3.05) is 0 Å². The van der Waals surface area contributed by atoms with Gasteiger partial charge in [0.1, 0.15) is 17.1 Å². The first-order chi connectivity index (χ1) is 15.6. The van der Waals surface area contributed by atoms with Crippen LogP contribution in [0, 0.1) is 6.92 Å². The van der Waals surface area contributed by atoms with Crippen LogP contribution < -0.4 is 10.2 Å². The number of esters is 1. The van der Waals surface area contributed by atoms with E-state index in [2.05, 4.69) is 10.2 Å². The fourth-order valence-corrected chi connectivity index (χ4v) is 3.46. The molecule has 0 aliphatic rings. The van der Waals surface area contributed by atoms with Crippen molar-refractivity contribution in [1.82, 2.24) is 10.2 Å². The van der Waals surface area contributed by atoms with Crippen molar-refractivity contribution in [2.45, 2.75) is 6.92 Å². The van der Waals surface area contributed by atoms with E-state index in [1.54, 1.807) is 49.4 Å². The highest BCUT2D eigenvalue weighted by atomic mass is 16.5. The molecule has 0 fully saturated rings. The molecule has 32 heavy (non-hydrogen) atoms. The second kappa shape index (κ2) is 7.96. The van der Waals surface area contributed by atoms with E-state index in [9.17, 15) is 9.59 Å². The van der Waals surface area contributed by atoms with Gasteiger partial charge >= 0.3 is 5.97 Å². The molecule has 0 aliphatic carbocycles. The molecule has 0 atom stereocenters. The first kappa shape index (κ1) is 19.4. The third kappa shape index (κ3) is 3.45. The number of carbonyl (C=O) groups is 1. The molecule has 0 amide bonds. The number of ether oxygens (including phenoxy) is 1. The van der Waals surface area contributed by atoms with Crippen LogP contribution in [0.2, 0.25) is 0 Å². The van der Waals surface area contributed by atoms with Crippen LogP contribution in [0.1, 0.15) is 15.9 Å². The highest BCUT2D eigenvalue weighted by Gasteiger charge is 2.20. The van der Waals surface area contributed by atoms with E-state index >= 15 is 0 Å². The number of carbonyl (C=O) groups excluding carboxylic acids is 1. The minimum atomic E-state index is -0.632. The lowest BCUT2D eigenvalue weighted by atomic mass is 10.0. The summed E-state index contributed by atoms with van der Waals surface area (Å²) in [7, 11) is 0. The zero-order valence-corrected chi connectivity index (χ0v) is 16.9. The fourth-order valence-electron chi connectivity index (χ4n) is 3.46. The predicted octanol–water partition coefficient (Wildman–Crippen LogP) is 5.04. The second-order valence-corrected chi connectivity index (χ2v) is 7.09.